The fourth-order valence-electron chi connectivity index (χ4n) is 2.83. The Kier molecular flexibility index (Phi) is 6.40. The minimum absolute atomic E-state index is 0.107. The summed E-state index contributed by atoms with van der Waals surface area (Å²) < 4.78 is 0. The zero-order valence-electron chi connectivity index (χ0n) is 18.3. The lowest BCUT2D eigenvalue weighted by molar-refractivity contribution is -0.123. The maximum atomic E-state index is 12.8. The number of benzene rings is 1. The molecule has 0 aliphatic heterocycles. The van der Waals surface area contributed by atoms with Gasteiger partial charge in [-0.2, -0.15) is 0 Å². The van der Waals surface area contributed by atoms with Gasteiger partial charge in [-0.25, -0.2) is 4.98 Å². The highest BCUT2D eigenvalue weighted by Gasteiger charge is 2.23. The molecule has 0 saturated carbocycles. The zero-order valence-corrected chi connectivity index (χ0v) is 19.1. The van der Waals surface area contributed by atoms with Crippen molar-refractivity contribution in [1.82, 2.24) is 9.97 Å². The summed E-state index contributed by atoms with van der Waals surface area (Å²) in [5.41, 5.74) is 2.03. The zero-order chi connectivity index (χ0) is 22.8. The first kappa shape index (κ1) is 22.4. The van der Waals surface area contributed by atoms with Crippen LogP contribution in [-0.2, 0) is 11.2 Å². The summed E-state index contributed by atoms with van der Waals surface area (Å²) in [6, 6.07) is 10.4. The van der Waals surface area contributed by atoms with E-state index in [0.717, 1.165) is 5.56 Å². The van der Waals surface area contributed by atoms with Crippen LogP contribution in [0.1, 0.15) is 48.6 Å². The molecule has 2 heterocycles. The molecule has 0 radical (unpaired) electrons. The first-order chi connectivity index (χ1) is 14.6. The van der Waals surface area contributed by atoms with Gasteiger partial charge in [0.05, 0.1) is 9.88 Å². The number of rotatable bonds is 5. The van der Waals surface area contributed by atoms with Crippen molar-refractivity contribution < 1.29 is 9.59 Å². The molecule has 0 aliphatic carbocycles. The number of amides is 2. The highest BCUT2D eigenvalue weighted by Crippen LogP contribution is 2.29. The molecule has 0 atom stereocenters. The normalized spacial score (nSPS) is 11.3. The Morgan fingerprint density at radius 1 is 1.13 bits per heavy atom. The fraction of sp³-hybridized carbons (Fsp3) is 0.304. The van der Waals surface area contributed by atoms with Crippen molar-refractivity contribution in [1.29, 1.82) is 0 Å². The van der Waals surface area contributed by atoms with Gasteiger partial charge in [0.25, 0.3) is 11.5 Å². The minimum Gasteiger partial charge on any atom is -0.321 e. The molecule has 0 fully saturated rings. The van der Waals surface area contributed by atoms with E-state index >= 15 is 0 Å². The molecule has 0 aliphatic rings. The Morgan fingerprint density at radius 3 is 2.55 bits per heavy atom. The largest absolute Gasteiger partial charge is 0.321 e. The smallest absolute Gasteiger partial charge is 0.266 e. The molecule has 1 aromatic carbocycles. The van der Waals surface area contributed by atoms with Gasteiger partial charge >= 0.3 is 0 Å². The number of nitrogens with one attached hydrogen (secondary N) is 3. The lowest BCUT2D eigenvalue weighted by Crippen LogP contribution is -2.27. The van der Waals surface area contributed by atoms with E-state index in [1.165, 1.54) is 17.4 Å². The number of aryl methyl sites for hydroxylation is 2. The monoisotopic (exact) mass is 438 g/mol. The SMILES string of the molecule is CCc1cc(=O)[nH]c(-c2cccc(NC(=O)c3sc(NC(=O)C(C)(C)C)cc3C)c2)n1. The van der Waals surface area contributed by atoms with E-state index < -0.39 is 5.41 Å². The summed E-state index contributed by atoms with van der Waals surface area (Å²) in [5, 5.41) is 6.39. The van der Waals surface area contributed by atoms with Gasteiger partial charge in [0, 0.05) is 28.4 Å². The van der Waals surface area contributed by atoms with Crippen LogP contribution in [0.25, 0.3) is 11.4 Å². The van der Waals surface area contributed by atoms with Crippen LogP contribution in [0.15, 0.2) is 41.2 Å². The van der Waals surface area contributed by atoms with Gasteiger partial charge < -0.3 is 15.6 Å². The Hall–Kier alpha value is -3.26. The third-order valence-electron chi connectivity index (χ3n) is 4.59. The summed E-state index contributed by atoms with van der Waals surface area (Å²) in [6.45, 7) is 9.27. The van der Waals surface area contributed by atoms with Crippen LogP contribution in [0.5, 0.6) is 0 Å². The Balaban J connectivity index is 1.80. The maximum Gasteiger partial charge on any atom is 0.266 e. The highest BCUT2D eigenvalue weighted by molar-refractivity contribution is 7.18. The average Bonchev–Trinajstić information content (AvgIpc) is 3.07. The number of aromatic nitrogens is 2. The van der Waals surface area contributed by atoms with Crippen LogP contribution in [0.3, 0.4) is 0 Å². The minimum atomic E-state index is -0.523. The van der Waals surface area contributed by atoms with Crippen molar-refractivity contribution in [3.8, 4) is 11.4 Å². The number of thiophene rings is 1. The molecule has 162 valence electrons. The molecular formula is C23H26N4O3S. The van der Waals surface area contributed by atoms with Gasteiger partial charge in [-0.3, -0.25) is 14.4 Å². The number of carbonyl (C=O) groups is 2. The molecule has 0 spiro atoms. The van der Waals surface area contributed by atoms with Crippen molar-refractivity contribution in [3.63, 3.8) is 0 Å². The van der Waals surface area contributed by atoms with Crippen molar-refractivity contribution in [2.45, 2.75) is 41.0 Å². The summed E-state index contributed by atoms with van der Waals surface area (Å²) in [5.74, 6) is 0.0869. The summed E-state index contributed by atoms with van der Waals surface area (Å²) >= 11 is 1.23. The molecule has 8 heteroatoms. The quantitative estimate of drug-likeness (QED) is 0.541. The van der Waals surface area contributed by atoms with E-state index in [1.807, 2.05) is 40.7 Å². The van der Waals surface area contributed by atoms with E-state index in [1.54, 1.807) is 24.3 Å². The standard InChI is InChI=1S/C23H26N4O3S/c1-6-15-12-17(28)26-20(24-15)14-8-7-9-16(11-14)25-21(29)19-13(2)10-18(31-19)27-22(30)23(3,4)5/h7-12H,6H2,1-5H3,(H,25,29)(H,27,30)(H,24,26,28). The Morgan fingerprint density at radius 2 is 1.87 bits per heavy atom. The van der Waals surface area contributed by atoms with Gasteiger partial charge in [-0.05, 0) is 37.1 Å². The number of H-pyrrole nitrogens is 1. The van der Waals surface area contributed by atoms with Crippen molar-refractivity contribution in [2.24, 2.45) is 5.41 Å². The number of carbonyl (C=O) groups excluding carboxylic acids is 2. The summed E-state index contributed by atoms with van der Waals surface area (Å²) in [4.78, 5) is 44.7. The number of nitrogens with zero attached hydrogens (tertiary/aromatic N) is 1. The Bertz CT molecular complexity index is 1190. The molecule has 3 aromatic rings. The van der Waals surface area contributed by atoms with Crippen molar-refractivity contribution >= 4 is 33.8 Å². The second kappa shape index (κ2) is 8.85. The van der Waals surface area contributed by atoms with Crippen molar-refractivity contribution in [3.05, 3.63) is 62.9 Å². The first-order valence-electron chi connectivity index (χ1n) is 10.0. The van der Waals surface area contributed by atoms with Gasteiger partial charge in [0.15, 0.2) is 0 Å². The van der Waals surface area contributed by atoms with Gasteiger partial charge in [-0.1, -0.05) is 39.8 Å². The third-order valence-corrected chi connectivity index (χ3v) is 5.74. The molecule has 3 rings (SSSR count). The van der Waals surface area contributed by atoms with E-state index in [2.05, 4.69) is 20.6 Å². The molecule has 0 unspecified atom stereocenters. The molecule has 31 heavy (non-hydrogen) atoms. The second-order valence-electron chi connectivity index (χ2n) is 8.30. The highest BCUT2D eigenvalue weighted by atomic mass is 32.1. The summed E-state index contributed by atoms with van der Waals surface area (Å²) in [7, 11) is 0. The van der Waals surface area contributed by atoms with Crippen LogP contribution >= 0.6 is 11.3 Å². The lowest BCUT2D eigenvalue weighted by Gasteiger charge is -2.16. The second-order valence-corrected chi connectivity index (χ2v) is 9.35. The number of hydrogen-bond acceptors (Lipinski definition) is 5. The van der Waals surface area contributed by atoms with E-state index in [9.17, 15) is 14.4 Å². The van der Waals surface area contributed by atoms with Gasteiger partial charge in [0.1, 0.15) is 5.82 Å². The molecule has 0 bridgehead atoms. The molecule has 2 amide bonds. The topological polar surface area (TPSA) is 104 Å². The third kappa shape index (κ3) is 5.46. The molecular weight excluding hydrogens is 412 g/mol. The number of anilines is 2. The van der Waals surface area contributed by atoms with Crippen molar-refractivity contribution in [2.75, 3.05) is 10.6 Å². The van der Waals surface area contributed by atoms with Crippen LogP contribution in [0.4, 0.5) is 10.7 Å². The first-order valence-corrected chi connectivity index (χ1v) is 10.8. The maximum absolute atomic E-state index is 12.8. The van der Waals surface area contributed by atoms with Crippen LogP contribution < -0.4 is 16.2 Å². The Labute approximate surface area is 184 Å². The summed E-state index contributed by atoms with van der Waals surface area (Å²) in [6.07, 6.45) is 0.652. The molecule has 0 saturated heterocycles. The number of hydrogen-bond donors (Lipinski definition) is 3. The average molecular weight is 439 g/mol. The van der Waals surface area contributed by atoms with Crippen LogP contribution in [0, 0.1) is 12.3 Å². The van der Waals surface area contributed by atoms with Gasteiger partial charge in [-0.15, -0.1) is 11.3 Å². The van der Waals surface area contributed by atoms with Crippen LogP contribution in [0.2, 0.25) is 0 Å². The predicted molar refractivity (Wildman–Crippen MR) is 125 cm³/mol. The van der Waals surface area contributed by atoms with Crippen LogP contribution in [-0.4, -0.2) is 21.8 Å². The molecule has 3 N–H and O–H groups in total. The number of aromatic amines is 1. The van der Waals surface area contributed by atoms with E-state index in [-0.39, 0.29) is 17.4 Å². The van der Waals surface area contributed by atoms with E-state index in [4.69, 9.17) is 0 Å². The molecule has 7 nitrogen and oxygen atoms in total. The van der Waals surface area contributed by atoms with Gasteiger partial charge in [0.2, 0.25) is 5.91 Å². The molecule has 2 aromatic heterocycles. The van der Waals surface area contributed by atoms with E-state index in [0.29, 0.717) is 39.1 Å². The predicted octanol–water partition coefficient (Wildman–Crippen LogP) is 4.61. The lowest BCUT2D eigenvalue weighted by atomic mass is 9.96. The fourth-order valence-corrected chi connectivity index (χ4v) is 3.79.